The van der Waals surface area contributed by atoms with Crippen molar-refractivity contribution in [3.8, 4) is 0 Å². The first-order valence-corrected chi connectivity index (χ1v) is 8.59. The van der Waals surface area contributed by atoms with Gasteiger partial charge in [0, 0.05) is 19.7 Å². The number of urea groups is 1. The number of carbonyl (C=O) groups excluding carboxylic acids is 1. The second-order valence-corrected chi connectivity index (χ2v) is 6.78. The van der Waals surface area contributed by atoms with Crippen molar-refractivity contribution < 1.29 is 14.3 Å². The molecule has 0 unspecified atom stereocenters. The minimum absolute atomic E-state index is 0.0348. The Balaban J connectivity index is 1.64. The highest BCUT2D eigenvalue weighted by Crippen LogP contribution is 2.38. The van der Waals surface area contributed by atoms with Crippen LogP contribution in [0.5, 0.6) is 0 Å². The van der Waals surface area contributed by atoms with E-state index in [1.54, 1.807) is 12.1 Å². The van der Waals surface area contributed by atoms with Gasteiger partial charge >= 0.3 is 6.03 Å². The summed E-state index contributed by atoms with van der Waals surface area (Å²) in [5, 5.41) is 12.4. The first kappa shape index (κ1) is 16.2. The molecule has 1 saturated carbocycles. The van der Waals surface area contributed by atoms with Crippen molar-refractivity contribution in [1.82, 2.24) is 10.2 Å². The number of piperidine rings is 1. The third-order valence-electron chi connectivity index (χ3n) is 5.29. The zero-order valence-electron chi connectivity index (χ0n) is 13.4. The molecule has 2 N–H and O–H groups in total. The van der Waals surface area contributed by atoms with Gasteiger partial charge in [0.1, 0.15) is 5.82 Å². The Morgan fingerprint density at radius 3 is 2.39 bits per heavy atom. The molecule has 1 atom stereocenters. The van der Waals surface area contributed by atoms with E-state index in [1.165, 1.54) is 18.6 Å². The third kappa shape index (κ3) is 3.83. The van der Waals surface area contributed by atoms with Crippen LogP contribution < -0.4 is 5.32 Å². The molecule has 1 aromatic rings. The largest absolute Gasteiger partial charge is 0.396 e. The molecule has 5 heteroatoms. The molecule has 1 aliphatic heterocycles. The van der Waals surface area contributed by atoms with Crippen LogP contribution in [0.3, 0.4) is 0 Å². The van der Waals surface area contributed by atoms with E-state index in [0.717, 1.165) is 31.2 Å². The SMILES string of the molecule is O=C(N[C@H](c1ccc(F)cc1)C1CCC1)N1CCC(CO)CC1. The molecule has 1 aliphatic carbocycles. The Kier molecular flexibility index (Phi) is 5.16. The van der Waals surface area contributed by atoms with Crippen LogP contribution >= 0.6 is 0 Å². The van der Waals surface area contributed by atoms with Crippen LogP contribution in [0.1, 0.15) is 43.7 Å². The predicted octanol–water partition coefficient (Wildman–Crippen LogP) is 3.08. The monoisotopic (exact) mass is 320 g/mol. The highest BCUT2D eigenvalue weighted by atomic mass is 19.1. The number of rotatable bonds is 4. The third-order valence-corrected chi connectivity index (χ3v) is 5.29. The van der Waals surface area contributed by atoms with Gasteiger partial charge in [-0.15, -0.1) is 0 Å². The van der Waals surface area contributed by atoms with E-state index in [1.807, 2.05) is 4.90 Å². The van der Waals surface area contributed by atoms with Crippen LogP contribution in [0, 0.1) is 17.7 Å². The highest BCUT2D eigenvalue weighted by Gasteiger charge is 2.31. The number of aliphatic hydroxyl groups excluding tert-OH is 1. The fraction of sp³-hybridized carbons (Fsp3) is 0.611. The Bertz CT molecular complexity index is 522. The molecule has 2 fully saturated rings. The number of halogens is 1. The summed E-state index contributed by atoms with van der Waals surface area (Å²) < 4.78 is 13.2. The van der Waals surface area contributed by atoms with Crippen molar-refractivity contribution in [2.24, 2.45) is 11.8 Å². The van der Waals surface area contributed by atoms with Gasteiger partial charge in [-0.3, -0.25) is 0 Å². The van der Waals surface area contributed by atoms with Gasteiger partial charge in [-0.25, -0.2) is 9.18 Å². The van der Waals surface area contributed by atoms with Crippen LogP contribution in [0.4, 0.5) is 9.18 Å². The fourth-order valence-electron chi connectivity index (χ4n) is 3.46. The molecule has 23 heavy (non-hydrogen) atoms. The first-order valence-electron chi connectivity index (χ1n) is 8.59. The molecule has 1 aromatic carbocycles. The van der Waals surface area contributed by atoms with Gasteiger partial charge < -0.3 is 15.3 Å². The molecule has 0 spiro atoms. The predicted molar refractivity (Wildman–Crippen MR) is 86.4 cm³/mol. The van der Waals surface area contributed by atoms with Gasteiger partial charge in [-0.1, -0.05) is 18.6 Å². The number of hydrogen-bond donors (Lipinski definition) is 2. The van der Waals surface area contributed by atoms with Crippen LogP contribution in [-0.2, 0) is 0 Å². The molecule has 126 valence electrons. The zero-order valence-corrected chi connectivity index (χ0v) is 13.4. The van der Waals surface area contributed by atoms with E-state index in [4.69, 9.17) is 0 Å². The van der Waals surface area contributed by atoms with E-state index in [9.17, 15) is 14.3 Å². The average molecular weight is 320 g/mol. The molecule has 2 amide bonds. The van der Waals surface area contributed by atoms with Gasteiger partial charge in [0.2, 0.25) is 0 Å². The van der Waals surface area contributed by atoms with Gasteiger partial charge in [0.25, 0.3) is 0 Å². The van der Waals surface area contributed by atoms with Crippen molar-refractivity contribution >= 4 is 6.03 Å². The molecular weight excluding hydrogens is 295 g/mol. The topological polar surface area (TPSA) is 52.6 Å². The van der Waals surface area contributed by atoms with Crippen molar-refractivity contribution in [1.29, 1.82) is 0 Å². The van der Waals surface area contributed by atoms with Crippen molar-refractivity contribution in [3.63, 3.8) is 0 Å². The number of aliphatic hydroxyl groups is 1. The molecule has 0 radical (unpaired) electrons. The van der Waals surface area contributed by atoms with Crippen molar-refractivity contribution in [2.45, 2.75) is 38.1 Å². The second kappa shape index (κ2) is 7.30. The second-order valence-electron chi connectivity index (χ2n) is 6.78. The molecule has 1 saturated heterocycles. The van der Waals surface area contributed by atoms with E-state index >= 15 is 0 Å². The van der Waals surface area contributed by atoms with Crippen molar-refractivity contribution in [3.05, 3.63) is 35.6 Å². The highest BCUT2D eigenvalue weighted by molar-refractivity contribution is 5.75. The molecule has 4 nitrogen and oxygen atoms in total. The number of hydrogen-bond acceptors (Lipinski definition) is 2. The number of nitrogens with one attached hydrogen (secondary N) is 1. The molecule has 1 heterocycles. The molecule has 0 aromatic heterocycles. The lowest BCUT2D eigenvalue weighted by Gasteiger charge is -2.37. The normalized spacial score (nSPS) is 20.9. The fourth-order valence-corrected chi connectivity index (χ4v) is 3.46. The zero-order chi connectivity index (χ0) is 16.2. The number of likely N-dealkylation sites (tertiary alicyclic amines) is 1. The number of amides is 2. The van der Waals surface area contributed by atoms with Crippen molar-refractivity contribution in [2.75, 3.05) is 19.7 Å². The van der Waals surface area contributed by atoms with Crippen LogP contribution in [0.2, 0.25) is 0 Å². The smallest absolute Gasteiger partial charge is 0.317 e. The maximum Gasteiger partial charge on any atom is 0.317 e. The molecule has 3 rings (SSSR count). The summed E-state index contributed by atoms with van der Waals surface area (Å²) in [6, 6.07) is 6.39. The summed E-state index contributed by atoms with van der Waals surface area (Å²) >= 11 is 0. The quantitative estimate of drug-likeness (QED) is 0.896. The number of benzene rings is 1. The molecular formula is C18H25FN2O2. The van der Waals surface area contributed by atoms with Gasteiger partial charge in [0.05, 0.1) is 6.04 Å². The summed E-state index contributed by atoms with van der Waals surface area (Å²) in [4.78, 5) is 14.4. The minimum Gasteiger partial charge on any atom is -0.396 e. The van der Waals surface area contributed by atoms with Crippen LogP contribution in [0.15, 0.2) is 24.3 Å². The Morgan fingerprint density at radius 2 is 1.87 bits per heavy atom. The molecule has 0 bridgehead atoms. The first-order chi connectivity index (χ1) is 11.2. The van der Waals surface area contributed by atoms with E-state index in [2.05, 4.69) is 5.32 Å². The summed E-state index contributed by atoms with van der Waals surface area (Å²) in [5.74, 6) is 0.511. The molecule has 2 aliphatic rings. The lowest BCUT2D eigenvalue weighted by molar-refractivity contribution is 0.130. The van der Waals surface area contributed by atoms with Gasteiger partial charge in [0.15, 0.2) is 0 Å². The summed E-state index contributed by atoms with van der Waals surface area (Å²) in [6.45, 7) is 1.59. The lowest BCUT2D eigenvalue weighted by Crippen LogP contribution is -2.47. The van der Waals surface area contributed by atoms with E-state index in [0.29, 0.717) is 24.9 Å². The maximum absolute atomic E-state index is 13.2. The van der Waals surface area contributed by atoms with Crippen LogP contribution in [0.25, 0.3) is 0 Å². The standard InChI is InChI=1S/C18H25FN2O2/c19-16-6-4-15(5-7-16)17(14-2-1-3-14)20-18(23)21-10-8-13(12-22)9-11-21/h4-7,13-14,17,22H,1-3,8-12H2,(H,20,23)/t17-/m0/s1. The lowest BCUT2D eigenvalue weighted by atomic mass is 9.77. The summed E-state index contributed by atoms with van der Waals surface area (Å²) in [5.41, 5.74) is 0.981. The number of nitrogens with zero attached hydrogens (tertiary/aromatic N) is 1. The van der Waals surface area contributed by atoms with Crippen LogP contribution in [-0.4, -0.2) is 35.7 Å². The van der Waals surface area contributed by atoms with Gasteiger partial charge in [-0.2, -0.15) is 0 Å². The van der Waals surface area contributed by atoms with E-state index < -0.39 is 0 Å². The van der Waals surface area contributed by atoms with Gasteiger partial charge in [-0.05, 0) is 55.2 Å². The Hall–Kier alpha value is -1.62. The van der Waals surface area contributed by atoms with E-state index in [-0.39, 0.29) is 24.5 Å². The minimum atomic E-state index is -0.251. The maximum atomic E-state index is 13.2. The Labute approximate surface area is 136 Å². The summed E-state index contributed by atoms with van der Waals surface area (Å²) in [6.07, 6.45) is 5.12. The summed E-state index contributed by atoms with van der Waals surface area (Å²) in [7, 11) is 0. The average Bonchev–Trinajstić information content (AvgIpc) is 2.53. The number of carbonyl (C=O) groups is 1. The Morgan fingerprint density at radius 1 is 1.22 bits per heavy atom.